The molecule has 0 saturated carbocycles. The van der Waals surface area contributed by atoms with Crippen molar-refractivity contribution in [3.63, 3.8) is 0 Å². The van der Waals surface area contributed by atoms with Crippen LogP contribution in [0, 0.1) is 0 Å². The van der Waals surface area contributed by atoms with E-state index in [9.17, 15) is 0 Å². The second kappa shape index (κ2) is 5.94. The predicted molar refractivity (Wildman–Crippen MR) is 71.6 cm³/mol. The lowest BCUT2D eigenvalue weighted by Gasteiger charge is -2.13. The standard InChI is InChI=1S/C12H16N6O/c1-8(2)19-12-10(13)11(17-7-18-12)15-5-9-3-4-14-6-16-9/h3-4,6-8H,5,13H2,1-2H3,(H,15,17,18). The Balaban J connectivity index is 2.08. The van der Waals surface area contributed by atoms with Crippen molar-refractivity contribution in [2.45, 2.75) is 26.5 Å². The minimum absolute atomic E-state index is 0.00640. The Bertz CT molecular complexity index is 531. The predicted octanol–water partition coefficient (Wildman–Crippen LogP) is 1.25. The first-order valence-electron chi connectivity index (χ1n) is 5.92. The van der Waals surface area contributed by atoms with Gasteiger partial charge in [0.2, 0.25) is 5.88 Å². The van der Waals surface area contributed by atoms with Crippen LogP contribution in [0.5, 0.6) is 5.88 Å². The van der Waals surface area contributed by atoms with Crippen molar-refractivity contribution < 1.29 is 4.74 Å². The van der Waals surface area contributed by atoms with Crippen LogP contribution < -0.4 is 15.8 Å². The van der Waals surface area contributed by atoms with E-state index in [0.717, 1.165) is 5.69 Å². The van der Waals surface area contributed by atoms with Gasteiger partial charge in [0.15, 0.2) is 5.82 Å². The molecule has 19 heavy (non-hydrogen) atoms. The van der Waals surface area contributed by atoms with Crippen molar-refractivity contribution in [3.05, 3.63) is 30.6 Å². The summed E-state index contributed by atoms with van der Waals surface area (Å²) in [6, 6.07) is 1.82. The number of nitrogens with two attached hydrogens (primary N) is 1. The minimum atomic E-state index is 0.00640. The van der Waals surface area contributed by atoms with Crippen molar-refractivity contribution in [3.8, 4) is 5.88 Å². The van der Waals surface area contributed by atoms with E-state index in [2.05, 4.69) is 25.3 Å². The van der Waals surface area contributed by atoms with Crippen LogP contribution in [0.25, 0.3) is 0 Å². The third-order valence-electron chi connectivity index (χ3n) is 2.27. The second-order valence-corrected chi connectivity index (χ2v) is 4.16. The number of anilines is 2. The summed E-state index contributed by atoms with van der Waals surface area (Å²) in [5.41, 5.74) is 7.19. The molecule has 0 radical (unpaired) electrons. The summed E-state index contributed by atoms with van der Waals surface area (Å²) in [5, 5.41) is 3.10. The van der Waals surface area contributed by atoms with Gasteiger partial charge in [-0.05, 0) is 19.9 Å². The average molecular weight is 260 g/mol. The van der Waals surface area contributed by atoms with E-state index in [1.54, 1.807) is 6.20 Å². The normalized spacial score (nSPS) is 10.5. The van der Waals surface area contributed by atoms with Crippen LogP contribution >= 0.6 is 0 Å². The highest BCUT2D eigenvalue weighted by atomic mass is 16.5. The van der Waals surface area contributed by atoms with Crippen molar-refractivity contribution in [2.24, 2.45) is 0 Å². The maximum Gasteiger partial charge on any atom is 0.242 e. The van der Waals surface area contributed by atoms with Crippen LogP contribution in [-0.4, -0.2) is 26.0 Å². The molecule has 7 heteroatoms. The first-order valence-corrected chi connectivity index (χ1v) is 5.92. The zero-order valence-corrected chi connectivity index (χ0v) is 10.9. The summed E-state index contributed by atoms with van der Waals surface area (Å²) in [6.45, 7) is 4.33. The molecule has 0 bridgehead atoms. The Labute approximate surface area is 111 Å². The SMILES string of the molecule is CC(C)Oc1ncnc(NCc2ccncn2)c1N. The smallest absolute Gasteiger partial charge is 0.242 e. The van der Waals surface area contributed by atoms with E-state index in [1.807, 2.05) is 19.9 Å². The van der Waals surface area contributed by atoms with Gasteiger partial charge in [-0.2, -0.15) is 4.98 Å². The first-order chi connectivity index (χ1) is 9.16. The van der Waals surface area contributed by atoms with Crippen LogP contribution in [0.2, 0.25) is 0 Å². The van der Waals surface area contributed by atoms with Gasteiger partial charge in [-0.15, -0.1) is 0 Å². The Morgan fingerprint density at radius 3 is 2.79 bits per heavy atom. The number of nitrogen functional groups attached to an aromatic ring is 1. The highest BCUT2D eigenvalue weighted by Crippen LogP contribution is 2.25. The van der Waals surface area contributed by atoms with Gasteiger partial charge >= 0.3 is 0 Å². The molecule has 2 heterocycles. The molecule has 0 spiro atoms. The van der Waals surface area contributed by atoms with Crippen LogP contribution in [-0.2, 0) is 6.54 Å². The van der Waals surface area contributed by atoms with E-state index >= 15 is 0 Å². The van der Waals surface area contributed by atoms with Crippen molar-refractivity contribution in [2.75, 3.05) is 11.1 Å². The fraction of sp³-hybridized carbons (Fsp3) is 0.333. The molecule has 0 aliphatic carbocycles. The molecule has 0 atom stereocenters. The fourth-order valence-corrected chi connectivity index (χ4v) is 1.43. The van der Waals surface area contributed by atoms with Crippen molar-refractivity contribution in [1.29, 1.82) is 0 Å². The third kappa shape index (κ3) is 3.51. The zero-order valence-electron chi connectivity index (χ0n) is 10.9. The van der Waals surface area contributed by atoms with Crippen LogP contribution in [0.15, 0.2) is 24.9 Å². The lowest BCUT2D eigenvalue weighted by Crippen LogP contribution is -2.12. The van der Waals surface area contributed by atoms with Crippen LogP contribution in [0.1, 0.15) is 19.5 Å². The topological polar surface area (TPSA) is 98.8 Å². The Morgan fingerprint density at radius 1 is 1.26 bits per heavy atom. The summed E-state index contributed by atoms with van der Waals surface area (Å²) in [4.78, 5) is 16.1. The number of rotatable bonds is 5. The fourth-order valence-electron chi connectivity index (χ4n) is 1.43. The third-order valence-corrected chi connectivity index (χ3v) is 2.27. The molecular formula is C12H16N6O. The Morgan fingerprint density at radius 2 is 2.11 bits per heavy atom. The molecule has 0 fully saturated rings. The second-order valence-electron chi connectivity index (χ2n) is 4.16. The average Bonchev–Trinajstić information content (AvgIpc) is 2.40. The molecule has 2 aromatic heterocycles. The Hall–Kier alpha value is -2.44. The molecule has 2 aromatic rings. The van der Waals surface area contributed by atoms with Crippen LogP contribution in [0.3, 0.4) is 0 Å². The molecule has 0 aliphatic heterocycles. The molecule has 0 aromatic carbocycles. The summed E-state index contributed by atoms with van der Waals surface area (Å²) >= 11 is 0. The van der Waals surface area contributed by atoms with Crippen molar-refractivity contribution in [1.82, 2.24) is 19.9 Å². The lowest BCUT2D eigenvalue weighted by atomic mass is 10.4. The van der Waals surface area contributed by atoms with Gasteiger partial charge in [-0.3, -0.25) is 0 Å². The summed E-state index contributed by atoms with van der Waals surface area (Å²) in [7, 11) is 0. The molecule has 0 amide bonds. The van der Waals surface area contributed by atoms with E-state index in [0.29, 0.717) is 23.9 Å². The highest BCUT2D eigenvalue weighted by Gasteiger charge is 2.10. The molecule has 0 saturated heterocycles. The Kier molecular flexibility index (Phi) is 4.07. The molecule has 2 rings (SSSR count). The van der Waals surface area contributed by atoms with Gasteiger partial charge in [0.25, 0.3) is 0 Å². The van der Waals surface area contributed by atoms with Crippen LogP contribution in [0.4, 0.5) is 11.5 Å². The number of hydrogen-bond donors (Lipinski definition) is 2. The molecule has 0 aliphatic rings. The van der Waals surface area contributed by atoms with E-state index < -0.39 is 0 Å². The maximum atomic E-state index is 5.95. The van der Waals surface area contributed by atoms with Gasteiger partial charge in [0.05, 0.1) is 18.3 Å². The number of nitrogens with one attached hydrogen (secondary N) is 1. The minimum Gasteiger partial charge on any atom is -0.473 e. The number of hydrogen-bond acceptors (Lipinski definition) is 7. The number of ether oxygens (including phenoxy) is 1. The summed E-state index contributed by atoms with van der Waals surface area (Å²) in [6.07, 6.45) is 4.59. The van der Waals surface area contributed by atoms with E-state index in [-0.39, 0.29) is 6.10 Å². The largest absolute Gasteiger partial charge is 0.473 e. The van der Waals surface area contributed by atoms with Gasteiger partial charge in [-0.25, -0.2) is 15.0 Å². The first kappa shape index (κ1) is 13.0. The van der Waals surface area contributed by atoms with Gasteiger partial charge in [0, 0.05) is 6.20 Å². The molecule has 3 N–H and O–H groups in total. The van der Waals surface area contributed by atoms with Gasteiger partial charge < -0.3 is 15.8 Å². The van der Waals surface area contributed by atoms with E-state index in [1.165, 1.54) is 12.7 Å². The lowest BCUT2D eigenvalue weighted by molar-refractivity contribution is 0.234. The quantitative estimate of drug-likeness (QED) is 0.834. The molecular weight excluding hydrogens is 244 g/mol. The zero-order chi connectivity index (χ0) is 13.7. The number of aromatic nitrogens is 4. The van der Waals surface area contributed by atoms with E-state index in [4.69, 9.17) is 10.5 Å². The maximum absolute atomic E-state index is 5.95. The number of nitrogens with zero attached hydrogens (tertiary/aromatic N) is 4. The molecule has 7 nitrogen and oxygen atoms in total. The van der Waals surface area contributed by atoms with Crippen molar-refractivity contribution >= 4 is 11.5 Å². The monoisotopic (exact) mass is 260 g/mol. The summed E-state index contributed by atoms with van der Waals surface area (Å²) in [5.74, 6) is 0.916. The molecule has 100 valence electrons. The molecule has 0 unspecified atom stereocenters. The van der Waals surface area contributed by atoms with Gasteiger partial charge in [0.1, 0.15) is 18.3 Å². The van der Waals surface area contributed by atoms with Gasteiger partial charge in [-0.1, -0.05) is 0 Å². The summed E-state index contributed by atoms with van der Waals surface area (Å²) < 4.78 is 5.50. The highest BCUT2D eigenvalue weighted by molar-refractivity contribution is 5.66.